The number of rotatable bonds is 4. The first kappa shape index (κ1) is 23.5. The smallest absolute Gasteiger partial charge is 0.313 e. The van der Waals surface area contributed by atoms with Gasteiger partial charge in [-0.15, -0.1) is 0 Å². The third-order valence-electron chi connectivity index (χ3n) is 5.41. The van der Waals surface area contributed by atoms with Crippen LogP contribution in [0.15, 0.2) is 36.4 Å². The number of aryl methyl sites for hydroxylation is 2. The second-order valence-electron chi connectivity index (χ2n) is 7.16. The summed E-state index contributed by atoms with van der Waals surface area (Å²) in [5, 5.41) is 3.63. The molecule has 0 spiro atoms. The van der Waals surface area contributed by atoms with E-state index in [9.17, 15) is 13.2 Å². The molecule has 1 nitrogen and oxygen atoms in total. The van der Waals surface area contributed by atoms with Gasteiger partial charge < -0.3 is 5.32 Å². The number of fused-ring (bicyclic) bond motifs is 1. The quantitative estimate of drug-likeness (QED) is 0.535. The molecule has 0 fully saturated rings. The van der Waals surface area contributed by atoms with Crippen LogP contribution in [0.25, 0.3) is 6.08 Å². The number of allylic oxidation sites excluding steroid dienone is 1. The highest BCUT2D eigenvalue weighted by molar-refractivity contribution is 6.31. The molecule has 0 radical (unpaired) electrons. The van der Waals surface area contributed by atoms with Gasteiger partial charge >= 0.3 is 6.18 Å². The van der Waals surface area contributed by atoms with Crippen LogP contribution in [0.3, 0.4) is 0 Å². The van der Waals surface area contributed by atoms with Crippen molar-refractivity contribution in [2.24, 2.45) is 0 Å². The first-order valence-electron chi connectivity index (χ1n) is 10.0. The molecule has 1 aliphatic rings. The molecule has 0 heterocycles. The third kappa shape index (κ3) is 5.43. The molecule has 0 saturated heterocycles. The SMILES string of the molecule is CC.CNC1CCc2cc(/C=C/C(c3cc(C)c(C)c(Cl)c3)C(F)(F)F)ccc21. The summed E-state index contributed by atoms with van der Waals surface area (Å²) in [6, 6.07) is 9.21. The average Bonchev–Trinajstić information content (AvgIpc) is 3.09. The van der Waals surface area contributed by atoms with Crippen LogP contribution < -0.4 is 5.32 Å². The Kier molecular flexibility index (Phi) is 7.95. The lowest BCUT2D eigenvalue weighted by Gasteiger charge is -2.19. The Morgan fingerprint density at radius 1 is 1.14 bits per heavy atom. The highest BCUT2D eigenvalue weighted by Crippen LogP contribution is 2.39. The number of hydrogen-bond donors (Lipinski definition) is 1. The Balaban J connectivity index is 0.00000145. The molecule has 0 saturated carbocycles. The molecule has 2 aromatic carbocycles. The number of benzene rings is 2. The maximum Gasteiger partial charge on any atom is 0.399 e. The summed E-state index contributed by atoms with van der Waals surface area (Å²) in [6.45, 7) is 7.59. The van der Waals surface area contributed by atoms with Crippen LogP contribution in [0.1, 0.15) is 65.6 Å². The fraction of sp³-hybridized carbons (Fsp3) is 0.417. The van der Waals surface area contributed by atoms with Crippen LogP contribution in [0.2, 0.25) is 5.02 Å². The van der Waals surface area contributed by atoms with Gasteiger partial charge in [-0.25, -0.2) is 0 Å². The van der Waals surface area contributed by atoms with E-state index >= 15 is 0 Å². The van der Waals surface area contributed by atoms with Crippen molar-refractivity contribution in [2.45, 2.75) is 58.7 Å². The van der Waals surface area contributed by atoms with Gasteiger partial charge in [0.15, 0.2) is 0 Å². The minimum absolute atomic E-state index is 0.170. The number of alkyl halides is 3. The average molecular weight is 424 g/mol. The Bertz CT molecular complexity index is 848. The van der Waals surface area contributed by atoms with E-state index in [-0.39, 0.29) is 5.56 Å². The molecule has 2 aromatic rings. The lowest BCUT2D eigenvalue weighted by Crippen LogP contribution is -2.19. The van der Waals surface area contributed by atoms with Crippen LogP contribution in [0.5, 0.6) is 0 Å². The van der Waals surface area contributed by atoms with Crippen LogP contribution in [0, 0.1) is 13.8 Å². The molecule has 1 N–H and O–H groups in total. The fourth-order valence-electron chi connectivity index (χ4n) is 3.68. The van der Waals surface area contributed by atoms with Crippen LogP contribution >= 0.6 is 11.6 Å². The molecule has 29 heavy (non-hydrogen) atoms. The van der Waals surface area contributed by atoms with E-state index in [1.54, 1.807) is 19.1 Å². The lowest BCUT2D eigenvalue weighted by atomic mass is 9.93. The molecule has 2 unspecified atom stereocenters. The zero-order chi connectivity index (χ0) is 21.8. The molecule has 158 valence electrons. The maximum atomic E-state index is 13.7. The van der Waals surface area contributed by atoms with E-state index in [0.29, 0.717) is 11.1 Å². The molecule has 1 aliphatic carbocycles. The van der Waals surface area contributed by atoms with Crippen LogP contribution in [-0.4, -0.2) is 13.2 Å². The van der Waals surface area contributed by atoms with Gasteiger partial charge in [0.1, 0.15) is 0 Å². The summed E-state index contributed by atoms with van der Waals surface area (Å²) in [4.78, 5) is 0. The van der Waals surface area contributed by atoms with Gasteiger partial charge in [-0.1, -0.05) is 61.9 Å². The molecule has 3 rings (SSSR count). The van der Waals surface area contributed by atoms with Gasteiger partial charge in [-0.2, -0.15) is 13.2 Å². The van der Waals surface area contributed by atoms with Crippen molar-refractivity contribution in [3.8, 4) is 0 Å². The van der Waals surface area contributed by atoms with E-state index in [2.05, 4.69) is 5.32 Å². The Labute approximate surface area is 177 Å². The molecule has 0 aromatic heterocycles. The van der Waals surface area contributed by atoms with Gasteiger partial charge in [-0.05, 0) is 73.2 Å². The highest BCUT2D eigenvalue weighted by atomic mass is 35.5. The van der Waals surface area contributed by atoms with Crippen molar-refractivity contribution in [3.63, 3.8) is 0 Å². The Morgan fingerprint density at radius 3 is 2.41 bits per heavy atom. The van der Waals surface area contributed by atoms with Gasteiger partial charge in [0, 0.05) is 11.1 Å². The van der Waals surface area contributed by atoms with Gasteiger partial charge in [-0.3, -0.25) is 0 Å². The highest BCUT2D eigenvalue weighted by Gasteiger charge is 2.39. The van der Waals surface area contributed by atoms with E-state index < -0.39 is 12.1 Å². The summed E-state index contributed by atoms with van der Waals surface area (Å²) in [6.07, 6.45) is 0.375. The molecule has 0 bridgehead atoms. The van der Waals surface area contributed by atoms with E-state index in [1.807, 2.05) is 46.0 Å². The first-order chi connectivity index (χ1) is 13.7. The minimum atomic E-state index is -4.38. The largest absolute Gasteiger partial charge is 0.399 e. The lowest BCUT2D eigenvalue weighted by molar-refractivity contribution is -0.139. The summed E-state index contributed by atoms with van der Waals surface area (Å²) in [5.74, 6) is -1.69. The maximum absolute atomic E-state index is 13.7. The topological polar surface area (TPSA) is 12.0 Å². The molecule has 2 atom stereocenters. The van der Waals surface area contributed by atoms with E-state index in [4.69, 9.17) is 11.6 Å². The first-order valence-corrected chi connectivity index (χ1v) is 10.4. The fourth-order valence-corrected chi connectivity index (χ4v) is 3.95. The summed E-state index contributed by atoms with van der Waals surface area (Å²) >= 11 is 6.12. The van der Waals surface area contributed by atoms with Crippen LogP contribution in [-0.2, 0) is 6.42 Å². The van der Waals surface area contributed by atoms with Crippen molar-refractivity contribution in [1.82, 2.24) is 5.32 Å². The minimum Gasteiger partial charge on any atom is -0.313 e. The molecule has 0 amide bonds. The second-order valence-corrected chi connectivity index (χ2v) is 7.57. The molecular formula is C24H29ClF3N. The van der Waals surface area contributed by atoms with Crippen molar-refractivity contribution in [2.75, 3.05) is 7.05 Å². The normalized spacial score (nSPS) is 17.1. The predicted molar refractivity (Wildman–Crippen MR) is 117 cm³/mol. The molecule has 5 heteroatoms. The predicted octanol–water partition coefficient (Wildman–Crippen LogP) is 7.55. The monoisotopic (exact) mass is 423 g/mol. The van der Waals surface area contributed by atoms with Crippen molar-refractivity contribution < 1.29 is 13.2 Å². The summed E-state index contributed by atoms with van der Waals surface area (Å²) < 4.78 is 41.1. The van der Waals surface area contributed by atoms with Crippen LogP contribution in [0.4, 0.5) is 13.2 Å². The summed E-state index contributed by atoms with van der Waals surface area (Å²) in [7, 11) is 1.93. The third-order valence-corrected chi connectivity index (χ3v) is 5.81. The van der Waals surface area contributed by atoms with Crippen molar-refractivity contribution in [1.29, 1.82) is 0 Å². The summed E-state index contributed by atoms with van der Waals surface area (Å²) in [5.41, 5.74) is 4.97. The molecular weight excluding hydrogens is 395 g/mol. The van der Waals surface area contributed by atoms with E-state index in [1.165, 1.54) is 23.3 Å². The zero-order valence-corrected chi connectivity index (χ0v) is 18.4. The second kappa shape index (κ2) is 9.82. The van der Waals surface area contributed by atoms with Crippen molar-refractivity contribution >= 4 is 17.7 Å². The van der Waals surface area contributed by atoms with Gasteiger partial charge in [0.2, 0.25) is 0 Å². The van der Waals surface area contributed by atoms with Crippen molar-refractivity contribution in [3.05, 3.63) is 74.8 Å². The zero-order valence-electron chi connectivity index (χ0n) is 17.6. The Morgan fingerprint density at radius 2 is 1.83 bits per heavy atom. The number of hydrogen-bond acceptors (Lipinski definition) is 1. The number of halogens is 4. The van der Waals surface area contributed by atoms with Gasteiger partial charge in [0.25, 0.3) is 0 Å². The standard InChI is InChI=1S/C22H23ClF3N.C2H6/c1-13-10-17(12-20(23)14(13)2)19(22(24,25)26)8-5-15-4-7-18-16(11-15)6-9-21(18)27-3;1-2/h4-5,7-8,10-12,19,21,27H,6,9H2,1-3H3;1-2H3/b8-5+;. The molecule has 0 aliphatic heterocycles. The number of nitrogens with one attached hydrogen (secondary N) is 1. The Hall–Kier alpha value is -1.78. The van der Waals surface area contributed by atoms with Gasteiger partial charge in [0.05, 0.1) is 5.92 Å². The van der Waals surface area contributed by atoms with E-state index in [0.717, 1.165) is 29.5 Å².